The predicted molar refractivity (Wildman–Crippen MR) is 119 cm³/mol. The fraction of sp³-hybridized carbons (Fsp3) is 0.435. The zero-order valence-electron chi connectivity index (χ0n) is 17.0. The maximum absolute atomic E-state index is 12.9. The molecule has 4 rings (SSSR count). The summed E-state index contributed by atoms with van der Waals surface area (Å²) in [6.45, 7) is 5.06. The van der Waals surface area contributed by atoms with Gasteiger partial charge in [0.15, 0.2) is 0 Å². The van der Waals surface area contributed by atoms with Crippen LogP contribution in [0.5, 0.6) is 0 Å². The fourth-order valence-corrected chi connectivity index (χ4v) is 5.18. The summed E-state index contributed by atoms with van der Waals surface area (Å²) in [5, 5.41) is 6.49. The normalized spacial score (nSPS) is 21.2. The Morgan fingerprint density at radius 1 is 1.07 bits per heavy atom. The molecule has 0 bridgehead atoms. The number of rotatable bonds is 5. The van der Waals surface area contributed by atoms with Crippen LogP contribution >= 0.6 is 11.8 Å². The number of urea groups is 1. The molecule has 29 heavy (non-hydrogen) atoms. The van der Waals surface area contributed by atoms with Gasteiger partial charge >= 0.3 is 6.03 Å². The highest BCUT2D eigenvalue weighted by Gasteiger charge is 2.25. The molecule has 0 aromatic heterocycles. The molecule has 2 N–H and O–H groups in total. The van der Waals surface area contributed by atoms with Gasteiger partial charge in [-0.2, -0.15) is 0 Å². The third-order valence-electron chi connectivity index (χ3n) is 5.81. The summed E-state index contributed by atoms with van der Waals surface area (Å²) in [5.41, 5.74) is 2.38. The molecule has 2 aromatic carbocycles. The number of nitrogens with one attached hydrogen (secondary N) is 2. The first-order valence-corrected chi connectivity index (χ1v) is 11.4. The number of piperazine rings is 1. The van der Waals surface area contributed by atoms with Crippen LogP contribution in [0.1, 0.15) is 29.6 Å². The predicted octanol–water partition coefficient (Wildman–Crippen LogP) is 3.51. The number of hydrogen-bond donors (Lipinski definition) is 2. The molecule has 0 radical (unpaired) electrons. The van der Waals surface area contributed by atoms with Crippen LogP contribution in [0.4, 0.5) is 4.79 Å². The first kappa shape index (κ1) is 20.3. The van der Waals surface area contributed by atoms with E-state index in [-0.39, 0.29) is 18.1 Å². The monoisotopic (exact) mass is 410 g/mol. The van der Waals surface area contributed by atoms with Crippen molar-refractivity contribution < 1.29 is 4.79 Å². The second kappa shape index (κ2) is 9.65. The molecule has 2 aromatic rings. The number of hydrogen-bond acceptors (Lipinski definition) is 4. The molecule has 2 amide bonds. The minimum absolute atomic E-state index is 0.0205. The van der Waals surface area contributed by atoms with Crippen molar-refractivity contribution in [1.82, 2.24) is 20.4 Å². The van der Waals surface area contributed by atoms with Crippen LogP contribution in [-0.4, -0.2) is 61.4 Å². The number of nitrogens with zero attached hydrogens (tertiary/aromatic N) is 2. The van der Waals surface area contributed by atoms with Crippen molar-refractivity contribution >= 4 is 17.8 Å². The Bertz CT molecular complexity index is 808. The van der Waals surface area contributed by atoms with Gasteiger partial charge in [-0.25, -0.2) is 4.79 Å². The summed E-state index contributed by atoms with van der Waals surface area (Å²) in [6.07, 6.45) is 0.962. The molecule has 2 atom stereocenters. The average Bonchev–Trinajstić information content (AvgIpc) is 2.76. The van der Waals surface area contributed by atoms with E-state index in [1.807, 2.05) is 30.0 Å². The minimum Gasteiger partial charge on any atom is -0.331 e. The van der Waals surface area contributed by atoms with Crippen LogP contribution in [0, 0.1) is 0 Å². The second-order valence-corrected chi connectivity index (χ2v) is 9.05. The molecular weight excluding hydrogens is 380 g/mol. The quantitative estimate of drug-likeness (QED) is 0.792. The maximum Gasteiger partial charge on any atom is 0.315 e. The Balaban J connectivity index is 1.43. The van der Waals surface area contributed by atoms with Gasteiger partial charge in [-0.1, -0.05) is 48.5 Å². The summed E-state index contributed by atoms with van der Waals surface area (Å²) < 4.78 is 0. The first-order chi connectivity index (χ1) is 14.2. The van der Waals surface area contributed by atoms with Crippen molar-refractivity contribution in [2.24, 2.45) is 0 Å². The molecular formula is C23H30N4OS. The Morgan fingerprint density at radius 3 is 2.59 bits per heavy atom. The number of amides is 2. The molecule has 154 valence electrons. The zero-order chi connectivity index (χ0) is 20.1. The number of carbonyl (C=O) groups is 1. The van der Waals surface area contributed by atoms with Gasteiger partial charge in [0.1, 0.15) is 0 Å². The molecule has 1 saturated heterocycles. The van der Waals surface area contributed by atoms with E-state index in [9.17, 15) is 4.79 Å². The standard InChI is InChI=1S/C23H30N4OS/c1-26-12-14-27(15-13-26)17-21(18-7-3-2-4-8-18)25-23(28)24-20-11-16-29-22-10-6-5-9-19(20)22/h2-10,20-21H,11-17H2,1H3,(H2,24,25,28). The van der Waals surface area contributed by atoms with Gasteiger partial charge < -0.3 is 15.5 Å². The molecule has 1 fully saturated rings. The largest absolute Gasteiger partial charge is 0.331 e. The van der Waals surface area contributed by atoms with Crippen molar-refractivity contribution in [1.29, 1.82) is 0 Å². The fourth-order valence-electron chi connectivity index (χ4n) is 4.06. The summed E-state index contributed by atoms with van der Waals surface area (Å²) in [6, 6.07) is 18.7. The van der Waals surface area contributed by atoms with E-state index in [0.717, 1.165) is 50.5 Å². The Kier molecular flexibility index (Phi) is 6.74. The Morgan fingerprint density at radius 2 is 1.79 bits per heavy atom. The molecule has 2 unspecified atom stereocenters. The summed E-state index contributed by atoms with van der Waals surface area (Å²) in [4.78, 5) is 19.0. The molecule has 6 heteroatoms. The van der Waals surface area contributed by atoms with Gasteiger partial charge in [0.25, 0.3) is 0 Å². The van der Waals surface area contributed by atoms with Crippen molar-refractivity contribution in [3.8, 4) is 0 Å². The summed E-state index contributed by atoms with van der Waals surface area (Å²) in [7, 11) is 2.16. The van der Waals surface area contributed by atoms with Crippen molar-refractivity contribution in [2.75, 3.05) is 45.5 Å². The van der Waals surface area contributed by atoms with Crippen LogP contribution < -0.4 is 10.6 Å². The van der Waals surface area contributed by atoms with Gasteiger partial charge in [-0.3, -0.25) is 4.90 Å². The molecule has 2 aliphatic rings. The molecule has 0 saturated carbocycles. The molecule has 5 nitrogen and oxygen atoms in total. The Hall–Kier alpha value is -2.02. The van der Waals surface area contributed by atoms with Gasteiger partial charge in [0.05, 0.1) is 12.1 Å². The van der Waals surface area contributed by atoms with E-state index in [4.69, 9.17) is 0 Å². The van der Waals surface area contributed by atoms with Crippen molar-refractivity contribution in [3.05, 3.63) is 65.7 Å². The zero-order valence-corrected chi connectivity index (χ0v) is 17.8. The highest BCUT2D eigenvalue weighted by molar-refractivity contribution is 7.99. The number of likely N-dealkylation sites (N-methyl/N-ethyl adjacent to an activating group) is 1. The average molecular weight is 411 g/mol. The van der Waals surface area contributed by atoms with Crippen LogP contribution in [0.2, 0.25) is 0 Å². The van der Waals surface area contributed by atoms with Crippen molar-refractivity contribution in [3.63, 3.8) is 0 Å². The van der Waals surface area contributed by atoms with Gasteiger partial charge in [0.2, 0.25) is 0 Å². The van der Waals surface area contributed by atoms with Crippen LogP contribution in [0.3, 0.4) is 0 Å². The van der Waals surface area contributed by atoms with E-state index in [1.165, 1.54) is 10.5 Å². The first-order valence-electron chi connectivity index (χ1n) is 10.4. The van der Waals surface area contributed by atoms with Crippen LogP contribution in [0.15, 0.2) is 59.5 Å². The highest BCUT2D eigenvalue weighted by atomic mass is 32.2. The lowest BCUT2D eigenvalue weighted by Gasteiger charge is -2.35. The van der Waals surface area contributed by atoms with E-state index in [0.29, 0.717) is 0 Å². The number of carbonyl (C=O) groups excluding carboxylic acids is 1. The van der Waals surface area contributed by atoms with Crippen LogP contribution in [0.25, 0.3) is 0 Å². The van der Waals surface area contributed by atoms with Gasteiger partial charge in [0, 0.05) is 43.4 Å². The maximum atomic E-state index is 12.9. The Labute approximate surface area is 177 Å². The topological polar surface area (TPSA) is 47.6 Å². The van der Waals surface area contributed by atoms with Crippen LogP contribution in [-0.2, 0) is 0 Å². The summed E-state index contributed by atoms with van der Waals surface area (Å²) in [5.74, 6) is 1.03. The second-order valence-electron chi connectivity index (χ2n) is 7.91. The van der Waals surface area contributed by atoms with E-state index < -0.39 is 0 Å². The third kappa shape index (κ3) is 5.32. The smallest absolute Gasteiger partial charge is 0.315 e. The highest BCUT2D eigenvalue weighted by Crippen LogP contribution is 2.35. The minimum atomic E-state index is -0.0836. The van der Waals surface area contributed by atoms with E-state index in [1.54, 1.807) is 0 Å². The van der Waals surface area contributed by atoms with Crippen molar-refractivity contribution in [2.45, 2.75) is 23.4 Å². The lowest BCUT2D eigenvalue weighted by Crippen LogP contribution is -2.49. The lowest BCUT2D eigenvalue weighted by molar-refractivity contribution is 0.142. The SMILES string of the molecule is CN1CCN(CC(NC(=O)NC2CCSc3ccccc32)c2ccccc2)CC1. The number of thioether (sulfide) groups is 1. The van der Waals surface area contributed by atoms with E-state index >= 15 is 0 Å². The third-order valence-corrected chi connectivity index (χ3v) is 6.93. The molecule has 2 heterocycles. The molecule has 2 aliphatic heterocycles. The molecule has 0 aliphatic carbocycles. The number of fused-ring (bicyclic) bond motifs is 1. The number of benzene rings is 2. The van der Waals surface area contributed by atoms with E-state index in [2.05, 4.69) is 63.9 Å². The molecule has 0 spiro atoms. The van der Waals surface area contributed by atoms with Gasteiger partial charge in [-0.05, 0) is 30.7 Å². The lowest BCUT2D eigenvalue weighted by atomic mass is 10.0. The summed E-state index contributed by atoms with van der Waals surface area (Å²) >= 11 is 1.87. The van der Waals surface area contributed by atoms with Gasteiger partial charge in [-0.15, -0.1) is 11.8 Å².